The van der Waals surface area contributed by atoms with Crippen LogP contribution in [0.1, 0.15) is 10.4 Å². The molecule has 4 aromatic rings. The van der Waals surface area contributed by atoms with Crippen LogP contribution in [0.5, 0.6) is 5.75 Å². The molecule has 5 nitrogen and oxygen atoms in total. The number of aliphatic carboxylic acids is 1. The number of aromatic nitrogens is 1. The van der Waals surface area contributed by atoms with Crippen LogP contribution in [0.4, 0.5) is 0 Å². The zero-order chi connectivity index (χ0) is 21.4. The van der Waals surface area contributed by atoms with E-state index in [0.717, 1.165) is 0 Å². The summed E-state index contributed by atoms with van der Waals surface area (Å²) in [6.07, 6.45) is 0. The van der Waals surface area contributed by atoms with Gasteiger partial charge in [0.15, 0.2) is 5.75 Å². The van der Waals surface area contributed by atoms with Gasteiger partial charge >= 0.3 is 11.9 Å². The first kappa shape index (κ1) is 20.4. The van der Waals surface area contributed by atoms with Crippen molar-refractivity contribution in [3.05, 3.63) is 81.3 Å². The highest BCUT2D eigenvalue weighted by Gasteiger charge is 2.27. The fraction of sp³-hybridized carbons (Fsp3) is 0.0455. The number of carboxylic acids is 1. The number of carboxylic acid groups (broad SMARTS) is 1. The van der Waals surface area contributed by atoms with Gasteiger partial charge in [-0.25, -0.2) is 9.59 Å². The molecule has 0 radical (unpaired) electrons. The minimum atomic E-state index is -0.995. The van der Waals surface area contributed by atoms with Crippen LogP contribution in [-0.4, -0.2) is 17.0 Å². The van der Waals surface area contributed by atoms with Crippen LogP contribution in [0, 0.1) is 0 Å². The summed E-state index contributed by atoms with van der Waals surface area (Å²) in [4.78, 5) is 24.7. The lowest BCUT2D eigenvalue weighted by Crippen LogP contribution is -2.40. The van der Waals surface area contributed by atoms with E-state index in [-0.39, 0.29) is 27.9 Å². The van der Waals surface area contributed by atoms with Gasteiger partial charge in [0.25, 0.3) is 0 Å². The zero-order valence-electron chi connectivity index (χ0n) is 15.2. The second-order valence-electron chi connectivity index (χ2n) is 6.48. The molecule has 1 N–H and O–H groups in total. The van der Waals surface area contributed by atoms with Gasteiger partial charge in [0.1, 0.15) is 0 Å². The van der Waals surface area contributed by atoms with Gasteiger partial charge in [0.2, 0.25) is 17.6 Å². The Kier molecular flexibility index (Phi) is 5.52. The van der Waals surface area contributed by atoms with Gasteiger partial charge in [-0.1, -0.05) is 59.1 Å². The third-order valence-corrected chi connectivity index (χ3v) is 5.36. The van der Waals surface area contributed by atoms with Crippen molar-refractivity contribution in [2.24, 2.45) is 0 Å². The predicted molar refractivity (Wildman–Crippen MR) is 116 cm³/mol. The Morgan fingerprint density at radius 1 is 0.867 bits per heavy atom. The molecule has 0 aliphatic rings. The highest BCUT2D eigenvalue weighted by molar-refractivity contribution is 6.40. The number of hydrogen-bond donors (Lipinski definition) is 1. The SMILES string of the molecule is O=C(O)C[n+]1c2ccccc2c(C(=O)Oc2c(Cl)cc(Cl)cc2Cl)c2ccccc21. The second-order valence-corrected chi connectivity index (χ2v) is 7.73. The minimum absolute atomic E-state index is 0.00293. The van der Waals surface area contributed by atoms with Gasteiger partial charge in [-0.05, 0) is 24.3 Å². The van der Waals surface area contributed by atoms with Crippen molar-refractivity contribution in [3.63, 3.8) is 0 Å². The number of benzene rings is 3. The quantitative estimate of drug-likeness (QED) is 0.187. The van der Waals surface area contributed by atoms with Gasteiger partial charge in [-0.15, -0.1) is 0 Å². The number of ether oxygens (including phenoxy) is 1. The fourth-order valence-corrected chi connectivity index (χ4v) is 4.31. The molecule has 0 amide bonds. The van der Waals surface area contributed by atoms with Gasteiger partial charge in [0.05, 0.1) is 26.4 Å². The molecule has 4 rings (SSSR count). The molecular formula is C22H13Cl3NO4+. The predicted octanol–water partition coefficient (Wildman–Crippen LogP) is 5.54. The average Bonchev–Trinajstić information content (AvgIpc) is 2.70. The molecule has 150 valence electrons. The number of rotatable bonds is 4. The summed E-state index contributed by atoms with van der Waals surface area (Å²) >= 11 is 18.3. The molecule has 1 aromatic heterocycles. The van der Waals surface area contributed by atoms with Crippen molar-refractivity contribution in [1.29, 1.82) is 0 Å². The van der Waals surface area contributed by atoms with E-state index in [2.05, 4.69) is 0 Å². The zero-order valence-corrected chi connectivity index (χ0v) is 17.5. The number of halogens is 3. The molecule has 30 heavy (non-hydrogen) atoms. The van der Waals surface area contributed by atoms with Crippen molar-refractivity contribution >= 4 is 68.5 Å². The summed E-state index contributed by atoms with van der Waals surface area (Å²) in [5, 5.41) is 11.0. The monoisotopic (exact) mass is 460 g/mol. The standard InChI is InChI=1S/C22H12Cl3NO4/c23-12-9-15(24)21(16(25)10-12)30-22(29)20-13-5-1-3-7-17(13)26(11-19(27)28)18-8-4-2-6-14(18)20/h1-10H,11H2/p+1. The molecule has 0 spiro atoms. The number of carbonyl (C=O) groups excluding carboxylic acids is 1. The second kappa shape index (κ2) is 8.11. The number of hydrogen-bond acceptors (Lipinski definition) is 3. The lowest BCUT2D eigenvalue weighted by atomic mass is 10.0. The Labute approximate surface area is 186 Å². The highest BCUT2D eigenvalue weighted by atomic mass is 35.5. The van der Waals surface area contributed by atoms with E-state index in [0.29, 0.717) is 26.8 Å². The summed E-state index contributed by atoms with van der Waals surface area (Å²) in [6.45, 7) is -0.259. The van der Waals surface area contributed by atoms with Crippen molar-refractivity contribution in [1.82, 2.24) is 0 Å². The van der Waals surface area contributed by atoms with Crippen LogP contribution in [0.25, 0.3) is 21.8 Å². The van der Waals surface area contributed by atoms with Crippen molar-refractivity contribution in [2.75, 3.05) is 0 Å². The van der Waals surface area contributed by atoms with Crippen LogP contribution in [0.2, 0.25) is 15.1 Å². The Balaban J connectivity index is 1.97. The summed E-state index contributed by atoms with van der Waals surface area (Å²) in [7, 11) is 0. The van der Waals surface area contributed by atoms with E-state index in [1.54, 1.807) is 53.1 Å². The molecule has 0 unspecified atom stereocenters. The molecular weight excluding hydrogens is 449 g/mol. The molecule has 8 heteroatoms. The first-order valence-electron chi connectivity index (χ1n) is 8.78. The highest BCUT2D eigenvalue weighted by Crippen LogP contribution is 2.37. The van der Waals surface area contributed by atoms with E-state index in [4.69, 9.17) is 39.5 Å². The molecule has 0 fully saturated rings. The Morgan fingerprint density at radius 3 is 1.87 bits per heavy atom. The summed E-state index contributed by atoms with van der Waals surface area (Å²) in [5.41, 5.74) is 1.45. The molecule has 0 saturated heterocycles. The Hall–Kier alpha value is -2.86. The van der Waals surface area contributed by atoms with Crippen molar-refractivity contribution in [3.8, 4) is 5.75 Å². The van der Waals surface area contributed by atoms with Gasteiger partial charge in [0, 0.05) is 17.2 Å². The molecule has 0 bridgehead atoms. The van der Waals surface area contributed by atoms with Crippen molar-refractivity contribution < 1.29 is 24.0 Å². The van der Waals surface area contributed by atoms with Crippen LogP contribution in [0.3, 0.4) is 0 Å². The lowest BCUT2D eigenvalue weighted by Gasteiger charge is -2.12. The Morgan fingerprint density at radius 2 is 1.37 bits per heavy atom. The largest absolute Gasteiger partial charge is 0.477 e. The first-order valence-corrected chi connectivity index (χ1v) is 9.92. The minimum Gasteiger partial charge on any atom is -0.477 e. The smallest absolute Gasteiger partial charge is 0.370 e. The number of pyridine rings is 1. The Bertz CT molecular complexity index is 1260. The van der Waals surface area contributed by atoms with E-state index in [1.807, 2.05) is 0 Å². The van der Waals surface area contributed by atoms with Crippen LogP contribution in [-0.2, 0) is 11.3 Å². The van der Waals surface area contributed by atoms with Crippen LogP contribution < -0.4 is 9.30 Å². The molecule has 0 aliphatic carbocycles. The van der Waals surface area contributed by atoms with Gasteiger partial charge < -0.3 is 9.84 Å². The summed E-state index contributed by atoms with van der Waals surface area (Å²) < 4.78 is 7.21. The molecule has 0 saturated carbocycles. The summed E-state index contributed by atoms with van der Waals surface area (Å²) in [6, 6.07) is 16.9. The lowest BCUT2D eigenvalue weighted by molar-refractivity contribution is -0.633. The van der Waals surface area contributed by atoms with E-state index < -0.39 is 11.9 Å². The van der Waals surface area contributed by atoms with E-state index in [9.17, 15) is 14.7 Å². The third kappa shape index (κ3) is 3.67. The maximum atomic E-state index is 13.3. The van der Waals surface area contributed by atoms with Crippen LogP contribution >= 0.6 is 34.8 Å². The fourth-order valence-electron chi connectivity index (χ4n) is 3.41. The van der Waals surface area contributed by atoms with Crippen LogP contribution in [0.15, 0.2) is 60.7 Å². The first-order chi connectivity index (χ1) is 14.4. The normalized spacial score (nSPS) is 11.0. The number of fused-ring (bicyclic) bond motifs is 2. The number of esters is 1. The van der Waals surface area contributed by atoms with E-state index >= 15 is 0 Å². The van der Waals surface area contributed by atoms with E-state index in [1.165, 1.54) is 12.1 Å². The van der Waals surface area contributed by atoms with Gasteiger partial charge in [-0.3, -0.25) is 0 Å². The average molecular weight is 462 g/mol. The summed E-state index contributed by atoms with van der Waals surface area (Å²) in [5.74, 6) is -1.66. The molecule has 3 aromatic carbocycles. The van der Waals surface area contributed by atoms with Gasteiger partial charge in [-0.2, -0.15) is 4.57 Å². The number of para-hydroxylation sites is 2. The maximum Gasteiger partial charge on any atom is 0.370 e. The number of carbonyl (C=O) groups is 2. The topological polar surface area (TPSA) is 67.5 Å². The third-order valence-electron chi connectivity index (χ3n) is 4.58. The maximum absolute atomic E-state index is 13.3. The number of nitrogens with zero attached hydrogens (tertiary/aromatic N) is 1. The van der Waals surface area contributed by atoms with Crippen molar-refractivity contribution in [2.45, 2.75) is 6.54 Å². The molecule has 0 atom stereocenters. The molecule has 1 heterocycles. The molecule has 0 aliphatic heterocycles.